The predicted molar refractivity (Wildman–Crippen MR) is 78.1 cm³/mol. The van der Waals surface area contributed by atoms with Crippen molar-refractivity contribution in [2.24, 2.45) is 5.73 Å². The summed E-state index contributed by atoms with van der Waals surface area (Å²) in [5.74, 6) is 0.599. The Balaban J connectivity index is 1.99. The Kier molecular flexibility index (Phi) is 3.44. The molecule has 0 aliphatic heterocycles. The van der Waals surface area contributed by atoms with E-state index in [2.05, 4.69) is 10.4 Å². The highest BCUT2D eigenvalue weighted by molar-refractivity contribution is 6.30. The van der Waals surface area contributed by atoms with Gasteiger partial charge in [0.2, 0.25) is 0 Å². The van der Waals surface area contributed by atoms with E-state index in [0.29, 0.717) is 12.5 Å². The molecule has 0 radical (unpaired) electrons. The molecule has 5 heteroatoms. The maximum absolute atomic E-state index is 6.06. The summed E-state index contributed by atoms with van der Waals surface area (Å²) in [5.41, 5.74) is 8.89. The van der Waals surface area contributed by atoms with Gasteiger partial charge in [-0.25, -0.2) is 4.68 Å². The summed E-state index contributed by atoms with van der Waals surface area (Å²) in [5, 5.41) is 8.57. The van der Waals surface area contributed by atoms with Crippen LogP contribution in [-0.4, -0.2) is 22.9 Å². The first-order valence-corrected chi connectivity index (χ1v) is 6.95. The highest BCUT2D eigenvalue weighted by atomic mass is 35.5. The van der Waals surface area contributed by atoms with Crippen LogP contribution in [0.3, 0.4) is 0 Å². The number of aromatic nitrogens is 2. The van der Waals surface area contributed by atoms with Crippen molar-refractivity contribution in [2.45, 2.75) is 18.8 Å². The fourth-order valence-electron chi connectivity index (χ4n) is 2.26. The maximum atomic E-state index is 6.06. The molecule has 1 aromatic carbocycles. The lowest BCUT2D eigenvalue weighted by Crippen LogP contribution is -2.14. The van der Waals surface area contributed by atoms with Crippen LogP contribution in [-0.2, 0) is 0 Å². The summed E-state index contributed by atoms with van der Waals surface area (Å²) in [4.78, 5) is 0. The molecule has 0 saturated heterocycles. The largest absolute Gasteiger partial charge is 0.381 e. The first-order valence-electron chi connectivity index (χ1n) is 6.57. The molecule has 1 saturated carbocycles. The predicted octanol–water partition coefficient (Wildman–Crippen LogP) is 2.77. The summed E-state index contributed by atoms with van der Waals surface area (Å²) in [6.45, 7) is 1.38. The number of benzene rings is 1. The van der Waals surface area contributed by atoms with Crippen molar-refractivity contribution >= 4 is 17.3 Å². The first-order chi connectivity index (χ1) is 9.29. The minimum absolute atomic E-state index is 0.599. The molecule has 1 aromatic heterocycles. The van der Waals surface area contributed by atoms with Crippen LogP contribution in [0.4, 0.5) is 5.69 Å². The highest BCUT2D eigenvalue weighted by Gasteiger charge is 2.30. The molecule has 1 fully saturated rings. The van der Waals surface area contributed by atoms with E-state index in [4.69, 9.17) is 17.3 Å². The van der Waals surface area contributed by atoms with Gasteiger partial charge < -0.3 is 11.1 Å². The number of hydrogen-bond acceptors (Lipinski definition) is 3. The average Bonchev–Trinajstić information content (AvgIpc) is 3.16. The molecule has 0 bridgehead atoms. The first kappa shape index (κ1) is 12.5. The summed E-state index contributed by atoms with van der Waals surface area (Å²) < 4.78 is 1.99. The van der Waals surface area contributed by atoms with Gasteiger partial charge in [-0.2, -0.15) is 5.10 Å². The van der Waals surface area contributed by atoms with Crippen LogP contribution < -0.4 is 11.1 Å². The third kappa shape index (κ3) is 2.60. The van der Waals surface area contributed by atoms with E-state index < -0.39 is 0 Å². The van der Waals surface area contributed by atoms with E-state index in [9.17, 15) is 0 Å². The Morgan fingerprint density at radius 1 is 1.42 bits per heavy atom. The Morgan fingerprint density at radius 2 is 2.26 bits per heavy atom. The molecule has 1 aliphatic carbocycles. The molecule has 3 N–H and O–H groups in total. The maximum Gasteiger partial charge on any atom is 0.0767 e. The van der Waals surface area contributed by atoms with Gasteiger partial charge >= 0.3 is 0 Å². The van der Waals surface area contributed by atoms with Gasteiger partial charge in [0.25, 0.3) is 0 Å². The van der Waals surface area contributed by atoms with Crippen LogP contribution in [0.2, 0.25) is 5.02 Å². The topological polar surface area (TPSA) is 55.9 Å². The third-order valence-electron chi connectivity index (χ3n) is 3.28. The van der Waals surface area contributed by atoms with Crippen LogP contribution in [0, 0.1) is 0 Å². The van der Waals surface area contributed by atoms with Crippen molar-refractivity contribution in [3.05, 3.63) is 41.2 Å². The van der Waals surface area contributed by atoms with Crippen LogP contribution in [0.5, 0.6) is 0 Å². The number of nitrogens with zero attached hydrogens (tertiary/aromatic N) is 2. The van der Waals surface area contributed by atoms with E-state index in [-0.39, 0.29) is 0 Å². The van der Waals surface area contributed by atoms with Gasteiger partial charge in [0.1, 0.15) is 0 Å². The van der Waals surface area contributed by atoms with Gasteiger partial charge in [0.15, 0.2) is 0 Å². The summed E-state index contributed by atoms with van der Waals surface area (Å²) in [7, 11) is 0. The Labute approximate surface area is 117 Å². The molecule has 0 unspecified atom stereocenters. The highest BCUT2D eigenvalue weighted by Crippen LogP contribution is 2.44. The van der Waals surface area contributed by atoms with E-state index in [1.807, 2.05) is 35.1 Å². The van der Waals surface area contributed by atoms with E-state index >= 15 is 0 Å². The lowest BCUT2D eigenvalue weighted by Gasteiger charge is -2.10. The van der Waals surface area contributed by atoms with Crippen molar-refractivity contribution in [3.63, 3.8) is 0 Å². The lowest BCUT2D eigenvalue weighted by molar-refractivity contribution is 0.808. The lowest BCUT2D eigenvalue weighted by atomic mass is 10.2. The minimum atomic E-state index is 0.599. The van der Waals surface area contributed by atoms with Crippen molar-refractivity contribution in [3.8, 4) is 5.69 Å². The van der Waals surface area contributed by atoms with Crippen molar-refractivity contribution in [1.29, 1.82) is 0 Å². The molecular weight excluding hydrogens is 260 g/mol. The van der Waals surface area contributed by atoms with Gasteiger partial charge in [0, 0.05) is 24.0 Å². The van der Waals surface area contributed by atoms with Crippen LogP contribution in [0.25, 0.3) is 5.69 Å². The molecular formula is C14H17ClN4. The molecule has 2 aromatic rings. The SMILES string of the molecule is NCCNc1cnn(-c2cccc(Cl)c2)c1C1CC1. The molecule has 1 aliphatic rings. The fourth-order valence-corrected chi connectivity index (χ4v) is 2.45. The molecule has 0 spiro atoms. The quantitative estimate of drug-likeness (QED) is 0.883. The second-order valence-corrected chi connectivity index (χ2v) is 5.26. The molecule has 1 heterocycles. The van der Waals surface area contributed by atoms with Gasteiger partial charge in [-0.1, -0.05) is 17.7 Å². The van der Waals surface area contributed by atoms with Crippen LogP contribution in [0.15, 0.2) is 30.5 Å². The van der Waals surface area contributed by atoms with Gasteiger partial charge in [-0.3, -0.25) is 0 Å². The van der Waals surface area contributed by atoms with E-state index in [0.717, 1.165) is 22.9 Å². The second-order valence-electron chi connectivity index (χ2n) is 4.82. The molecule has 4 nitrogen and oxygen atoms in total. The fraction of sp³-hybridized carbons (Fsp3) is 0.357. The molecule has 100 valence electrons. The number of halogens is 1. The Hall–Kier alpha value is -1.52. The van der Waals surface area contributed by atoms with Gasteiger partial charge in [-0.05, 0) is 31.0 Å². The minimum Gasteiger partial charge on any atom is -0.381 e. The monoisotopic (exact) mass is 276 g/mol. The third-order valence-corrected chi connectivity index (χ3v) is 3.52. The summed E-state index contributed by atoms with van der Waals surface area (Å²) in [6, 6.07) is 7.78. The van der Waals surface area contributed by atoms with Gasteiger partial charge in [-0.15, -0.1) is 0 Å². The van der Waals surface area contributed by atoms with Crippen molar-refractivity contribution < 1.29 is 0 Å². The zero-order valence-electron chi connectivity index (χ0n) is 10.6. The molecule has 3 rings (SSSR count). The molecule has 19 heavy (non-hydrogen) atoms. The van der Waals surface area contributed by atoms with E-state index in [1.165, 1.54) is 18.5 Å². The van der Waals surface area contributed by atoms with Gasteiger partial charge in [0.05, 0.1) is 23.3 Å². The smallest absolute Gasteiger partial charge is 0.0767 e. The normalized spacial score (nSPS) is 14.6. The number of nitrogens with one attached hydrogen (secondary N) is 1. The van der Waals surface area contributed by atoms with Crippen LogP contribution >= 0.6 is 11.6 Å². The van der Waals surface area contributed by atoms with Crippen LogP contribution in [0.1, 0.15) is 24.5 Å². The molecule has 0 atom stereocenters. The van der Waals surface area contributed by atoms with E-state index in [1.54, 1.807) is 0 Å². The number of anilines is 1. The average molecular weight is 277 g/mol. The zero-order chi connectivity index (χ0) is 13.2. The number of hydrogen-bond donors (Lipinski definition) is 2. The summed E-state index contributed by atoms with van der Waals surface area (Å²) >= 11 is 6.06. The Morgan fingerprint density at radius 3 is 2.95 bits per heavy atom. The molecule has 0 amide bonds. The standard InChI is InChI=1S/C14H17ClN4/c15-11-2-1-3-12(8-11)19-14(10-4-5-10)13(9-18-19)17-7-6-16/h1-3,8-10,17H,4-7,16H2. The Bertz CT molecular complexity index is 575. The van der Waals surface area contributed by atoms with Crippen molar-refractivity contribution in [1.82, 2.24) is 9.78 Å². The second kappa shape index (κ2) is 5.23. The number of nitrogens with two attached hydrogens (primary N) is 1. The number of rotatable bonds is 5. The summed E-state index contributed by atoms with van der Waals surface area (Å²) in [6.07, 6.45) is 4.33. The zero-order valence-corrected chi connectivity index (χ0v) is 11.4. The van der Waals surface area contributed by atoms with Crippen molar-refractivity contribution in [2.75, 3.05) is 18.4 Å².